The minimum Gasteiger partial charge on any atom is -0.224 e. The van der Waals surface area contributed by atoms with E-state index in [4.69, 9.17) is 5.14 Å². The average Bonchev–Trinajstić information content (AvgIpc) is 2.63. The molecule has 0 spiro atoms. The van der Waals surface area contributed by atoms with Gasteiger partial charge in [-0.25, -0.2) is 17.9 Å². The molecule has 0 saturated heterocycles. The van der Waals surface area contributed by atoms with Gasteiger partial charge in [0.1, 0.15) is 10.0 Å². The Morgan fingerprint density at radius 2 is 1.89 bits per heavy atom. The van der Waals surface area contributed by atoms with Crippen molar-refractivity contribution in [1.29, 1.82) is 0 Å². The van der Waals surface area contributed by atoms with Crippen molar-refractivity contribution in [3.8, 4) is 0 Å². The van der Waals surface area contributed by atoms with Crippen LogP contribution in [0.2, 0.25) is 0 Å². The Labute approximate surface area is 120 Å². The first-order valence-corrected chi connectivity index (χ1v) is 8.59. The lowest BCUT2D eigenvalue weighted by Crippen LogP contribution is -2.09. The average molecular weight is 368 g/mol. The Balaban J connectivity index is 2.30. The Morgan fingerprint density at radius 1 is 1.28 bits per heavy atom. The minimum atomic E-state index is -3.69. The van der Waals surface area contributed by atoms with Gasteiger partial charge < -0.3 is 0 Å². The van der Waals surface area contributed by atoms with Crippen LogP contribution in [0, 0.1) is 5.82 Å². The van der Waals surface area contributed by atoms with Crippen molar-refractivity contribution in [3.05, 3.63) is 40.6 Å². The van der Waals surface area contributed by atoms with Crippen LogP contribution in [0.3, 0.4) is 0 Å². The lowest BCUT2D eigenvalue weighted by atomic mass is 10.4. The molecule has 0 bridgehead atoms. The third kappa shape index (κ3) is 3.33. The summed E-state index contributed by atoms with van der Waals surface area (Å²) >= 11 is 5.70. The molecule has 0 fully saturated rings. The lowest BCUT2D eigenvalue weighted by Gasteiger charge is -1.98. The topological polar surface area (TPSA) is 60.2 Å². The van der Waals surface area contributed by atoms with E-state index < -0.39 is 10.0 Å². The first-order chi connectivity index (χ1) is 8.36. The van der Waals surface area contributed by atoms with Crippen LogP contribution in [0.5, 0.6) is 0 Å². The molecule has 0 radical (unpaired) electrons. The van der Waals surface area contributed by atoms with Crippen molar-refractivity contribution in [1.82, 2.24) is 0 Å². The van der Waals surface area contributed by atoms with Crippen LogP contribution < -0.4 is 5.14 Å². The second-order valence-corrected chi connectivity index (χ2v) is 8.34. The van der Waals surface area contributed by atoms with Gasteiger partial charge >= 0.3 is 0 Å². The zero-order chi connectivity index (χ0) is 13.3. The van der Waals surface area contributed by atoms with Gasteiger partial charge in [0.2, 0.25) is 10.0 Å². The van der Waals surface area contributed by atoms with E-state index in [1.165, 1.54) is 30.0 Å². The maximum Gasteiger partial charge on any atom is 0.247 e. The van der Waals surface area contributed by atoms with E-state index in [0.717, 1.165) is 20.4 Å². The first-order valence-electron chi connectivity index (χ1n) is 4.62. The summed E-state index contributed by atoms with van der Waals surface area (Å²) in [4.78, 5) is 0.819. The number of hydrogen-bond donors (Lipinski definition) is 1. The van der Waals surface area contributed by atoms with Gasteiger partial charge in [-0.1, -0.05) is 11.8 Å². The van der Waals surface area contributed by atoms with E-state index in [-0.39, 0.29) is 10.0 Å². The standard InChI is InChI=1S/C10H7BrFNO2S3/c11-8-5-9(18(13,14)15)17-10(8)16-7-3-1-6(12)2-4-7/h1-5H,(H2,13,14,15). The van der Waals surface area contributed by atoms with Crippen molar-refractivity contribution in [3.63, 3.8) is 0 Å². The molecule has 2 aromatic rings. The van der Waals surface area contributed by atoms with Crippen LogP contribution in [0.25, 0.3) is 0 Å². The summed E-state index contributed by atoms with van der Waals surface area (Å²) in [6.07, 6.45) is 0. The minimum absolute atomic E-state index is 0.0963. The predicted molar refractivity (Wildman–Crippen MR) is 73.9 cm³/mol. The van der Waals surface area contributed by atoms with Gasteiger partial charge in [-0.3, -0.25) is 0 Å². The van der Waals surface area contributed by atoms with E-state index in [2.05, 4.69) is 15.9 Å². The zero-order valence-corrected chi connectivity index (χ0v) is 12.8. The fourth-order valence-corrected chi connectivity index (χ4v) is 5.21. The highest BCUT2D eigenvalue weighted by Crippen LogP contribution is 2.41. The molecule has 0 atom stereocenters. The molecule has 0 amide bonds. The Bertz CT molecular complexity index is 667. The second kappa shape index (κ2) is 5.30. The van der Waals surface area contributed by atoms with E-state index in [9.17, 15) is 12.8 Å². The summed E-state index contributed by atoms with van der Waals surface area (Å²) in [6.45, 7) is 0. The maximum atomic E-state index is 12.8. The number of rotatable bonds is 3. The quantitative estimate of drug-likeness (QED) is 0.903. The number of halogens is 2. The summed E-state index contributed by atoms with van der Waals surface area (Å²) in [7, 11) is -3.69. The Kier molecular flexibility index (Phi) is 4.12. The first kappa shape index (κ1) is 14.0. The summed E-state index contributed by atoms with van der Waals surface area (Å²) in [5.41, 5.74) is 0. The molecule has 1 heterocycles. The summed E-state index contributed by atoms with van der Waals surface area (Å²) in [5.74, 6) is -0.310. The number of sulfonamides is 1. The van der Waals surface area contributed by atoms with E-state index >= 15 is 0 Å². The molecule has 18 heavy (non-hydrogen) atoms. The highest BCUT2D eigenvalue weighted by Gasteiger charge is 2.16. The fourth-order valence-electron chi connectivity index (χ4n) is 1.15. The lowest BCUT2D eigenvalue weighted by molar-refractivity contribution is 0.599. The second-order valence-electron chi connectivity index (χ2n) is 3.30. The van der Waals surface area contributed by atoms with Gasteiger partial charge in [0.05, 0.1) is 4.21 Å². The van der Waals surface area contributed by atoms with Crippen LogP contribution in [-0.4, -0.2) is 8.42 Å². The molecule has 1 aromatic heterocycles. The number of benzene rings is 1. The largest absolute Gasteiger partial charge is 0.247 e. The molecular weight excluding hydrogens is 361 g/mol. The molecule has 1 aromatic carbocycles. The monoisotopic (exact) mass is 367 g/mol. The normalized spacial score (nSPS) is 11.7. The fraction of sp³-hybridized carbons (Fsp3) is 0. The smallest absolute Gasteiger partial charge is 0.224 e. The molecule has 2 N–H and O–H groups in total. The molecule has 0 aliphatic heterocycles. The van der Waals surface area contributed by atoms with Gasteiger partial charge in [-0.05, 0) is 46.3 Å². The van der Waals surface area contributed by atoms with Gasteiger partial charge in [0.25, 0.3) is 0 Å². The number of nitrogens with two attached hydrogens (primary N) is 1. The third-order valence-corrected chi connectivity index (χ3v) is 6.85. The van der Waals surface area contributed by atoms with Crippen molar-refractivity contribution in [2.24, 2.45) is 5.14 Å². The van der Waals surface area contributed by atoms with Gasteiger partial charge in [0.15, 0.2) is 0 Å². The van der Waals surface area contributed by atoms with Crippen LogP contribution in [-0.2, 0) is 10.0 Å². The zero-order valence-electron chi connectivity index (χ0n) is 8.76. The molecule has 2 rings (SSSR count). The van der Waals surface area contributed by atoms with Crippen molar-refractivity contribution in [2.75, 3.05) is 0 Å². The molecule has 0 saturated carbocycles. The molecule has 0 unspecified atom stereocenters. The number of primary sulfonamides is 1. The SMILES string of the molecule is NS(=O)(=O)c1cc(Br)c(Sc2ccc(F)cc2)s1. The molecule has 3 nitrogen and oxygen atoms in total. The molecule has 8 heteroatoms. The van der Waals surface area contributed by atoms with E-state index in [1.54, 1.807) is 12.1 Å². The van der Waals surface area contributed by atoms with Crippen LogP contribution in [0.15, 0.2) is 48.1 Å². The Hall–Kier alpha value is -0.410. The maximum absolute atomic E-state index is 12.8. The van der Waals surface area contributed by atoms with Crippen molar-refractivity contribution < 1.29 is 12.8 Å². The number of thiophene rings is 1. The number of hydrogen-bond acceptors (Lipinski definition) is 4. The highest BCUT2D eigenvalue weighted by molar-refractivity contribution is 9.10. The van der Waals surface area contributed by atoms with Crippen molar-refractivity contribution >= 4 is 49.1 Å². The van der Waals surface area contributed by atoms with Crippen molar-refractivity contribution in [2.45, 2.75) is 13.3 Å². The van der Waals surface area contributed by atoms with Crippen LogP contribution in [0.1, 0.15) is 0 Å². The molecule has 0 aliphatic rings. The van der Waals surface area contributed by atoms with E-state index in [1.807, 2.05) is 0 Å². The van der Waals surface area contributed by atoms with Gasteiger partial charge in [-0.15, -0.1) is 11.3 Å². The molecule has 96 valence electrons. The summed E-state index contributed by atoms with van der Waals surface area (Å²) in [6, 6.07) is 7.42. The Morgan fingerprint density at radius 3 is 2.39 bits per heavy atom. The van der Waals surface area contributed by atoms with Crippen LogP contribution >= 0.6 is 39.0 Å². The molecule has 0 aliphatic carbocycles. The third-order valence-electron chi connectivity index (χ3n) is 1.94. The predicted octanol–water partition coefficient (Wildman–Crippen LogP) is 3.45. The van der Waals surface area contributed by atoms with Gasteiger partial charge in [-0.2, -0.15) is 0 Å². The van der Waals surface area contributed by atoms with Crippen LogP contribution in [0.4, 0.5) is 4.39 Å². The highest BCUT2D eigenvalue weighted by atomic mass is 79.9. The van der Waals surface area contributed by atoms with E-state index in [0.29, 0.717) is 4.47 Å². The molecular formula is C10H7BrFNO2S3. The summed E-state index contributed by atoms with van der Waals surface area (Å²) < 4.78 is 36.7. The summed E-state index contributed by atoms with van der Waals surface area (Å²) in [5, 5.41) is 5.06. The van der Waals surface area contributed by atoms with Gasteiger partial charge in [0, 0.05) is 9.37 Å².